The summed E-state index contributed by atoms with van der Waals surface area (Å²) in [7, 11) is 0. The molecule has 0 aliphatic rings. The second kappa shape index (κ2) is 33.8. The molecular formula is C140H86F2N4. The average molecular weight is 1860 g/mol. The van der Waals surface area contributed by atoms with Gasteiger partial charge in [-0.15, -0.1) is 0 Å². The van der Waals surface area contributed by atoms with E-state index in [9.17, 15) is 0 Å². The van der Waals surface area contributed by atoms with E-state index < -0.39 is 0 Å². The summed E-state index contributed by atoms with van der Waals surface area (Å²) in [6, 6.07) is 187. The van der Waals surface area contributed by atoms with Crippen LogP contribution >= 0.6 is 0 Å². The van der Waals surface area contributed by atoms with Gasteiger partial charge in [-0.1, -0.05) is 328 Å². The maximum Gasteiger partial charge on any atom is 0.123 e. The van der Waals surface area contributed by atoms with Crippen LogP contribution in [0.3, 0.4) is 0 Å². The maximum atomic E-state index is 15.8. The number of fused-ring (bicyclic) bond motifs is 32. The molecule has 30 aromatic rings. The van der Waals surface area contributed by atoms with Gasteiger partial charge in [-0.05, 0) is 410 Å². The summed E-state index contributed by atoms with van der Waals surface area (Å²) >= 11 is 0. The van der Waals surface area contributed by atoms with Gasteiger partial charge in [0, 0.05) is 68.2 Å². The van der Waals surface area contributed by atoms with Crippen molar-refractivity contribution in [3.05, 3.63) is 533 Å². The van der Waals surface area contributed by atoms with Crippen molar-refractivity contribution in [2.24, 2.45) is 0 Å². The van der Waals surface area contributed by atoms with Crippen LogP contribution in [-0.2, 0) is 0 Å². The normalized spacial score (nSPS) is 11.9. The van der Waals surface area contributed by atoms with E-state index in [0.717, 1.165) is 154 Å². The first-order valence-electron chi connectivity index (χ1n) is 50.0. The Hall–Kier alpha value is -19.1. The minimum Gasteiger partial charge on any atom is -0.310 e. The van der Waals surface area contributed by atoms with Gasteiger partial charge in [-0.25, -0.2) is 8.78 Å². The van der Waals surface area contributed by atoms with E-state index in [2.05, 4.69) is 505 Å². The molecule has 0 fully saturated rings. The standard InChI is InChI=1S/C70H42F2N2.C70H44N2/c71-51-21-29-59-63(37-51)65-39-57(73(53-23-17-43-9-1-5-13-47(43)33-53)54-24-18-44-10-2-6-14-48(44)34-54)27-31-61(65)69-41-68-60-30-22-52(72)38-64(60)66-40-58(28-32-62(66)70(68)42-67(59)69)74(55-25-19-45-11-3-7-15-49(45)35-55)56-26-20-46-12-4-8-16-50(46)36-56;1-5-17-49-37-53(29-25-45(49)13-1)71(54-30-26-46-14-2-6-18-50(46)38-54)57-33-35-63-65(41-57)59-21-9-11-23-61(59)67-44-70-64-36-34-58(42-66(64)60-22-10-12-24-62(60)68(70)43-69(63)67)72(55-31-27-47-15-3-7-19-51(47)39-55)56-32-28-48-16-4-8-20-52(48)40-56/h1-42H;1-44H. The monoisotopic (exact) mass is 1860 g/mol. The molecule has 0 heterocycles. The molecule has 0 N–H and O–H groups in total. The van der Waals surface area contributed by atoms with E-state index in [-0.39, 0.29) is 11.6 Å². The van der Waals surface area contributed by atoms with Crippen LogP contribution in [0.25, 0.3) is 215 Å². The smallest absolute Gasteiger partial charge is 0.123 e. The Kier molecular flexibility index (Phi) is 19.4. The summed E-state index contributed by atoms with van der Waals surface area (Å²) in [5, 5.41) is 45.6. The number of benzene rings is 30. The molecule has 0 aliphatic carbocycles. The molecule has 0 spiro atoms. The summed E-state index contributed by atoms with van der Waals surface area (Å²) in [5.74, 6) is -0.586. The number of rotatable bonds is 12. The van der Waals surface area contributed by atoms with Crippen LogP contribution in [0.2, 0.25) is 0 Å². The molecule has 6 heteroatoms. The second-order valence-electron chi connectivity index (χ2n) is 38.9. The van der Waals surface area contributed by atoms with Crippen molar-refractivity contribution in [2.75, 3.05) is 19.6 Å². The molecule has 0 unspecified atom stereocenters. The first kappa shape index (κ1) is 83.8. The van der Waals surface area contributed by atoms with Crippen LogP contribution in [0.1, 0.15) is 0 Å². The van der Waals surface area contributed by atoms with Crippen LogP contribution in [0, 0.1) is 11.6 Å². The highest BCUT2D eigenvalue weighted by molar-refractivity contribution is 6.36. The highest BCUT2D eigenvalue weighted by Crippen LogP contribution is 2.52. The van der Waals surface area contributed by atoms with Crippen molar-refractivity contribution in [1.29, 1.82) is 0 Å². The van der Waals surface area contributed by atoms with E-state index in [4.69, 9.17) is 0 Å². The van der Waals surface area contributed by atoms with Gasteiger partial charge in [0.05, 0.1) is 0 Å². The minimum atomic E-state index is -0.293. The second-order valence-corrected chi connectivity index (χ2v) is 38.9. The van der Waals surface area contributed by atoms with E-state index in [1.54, 1.807) is 24.3 Å². The van der Waals surface area contributed by atoms with Crippen LogP contribution in [-0.4, -0.2) is 0 Å². The Bertz CT molecular complexity index is 9860. The van der Waals surface area contributed by atoms with Crippen LogP contribution in [0.4, 0.5) is 77.0 Å². The molecule has 0 saturated carbocycles. The number of nitrogens with zero attached hydrogens (tertiary/aromatic N) is 4. The number of anilines is 12. The highest BCUT2D eigenvalue weighted by atomic mass is 19.1. The fourth-order valence-electron chi connectivity index (χ4n) is 23.7. The third kappa shape index (κ3) is 14.1. The van der Waals surface area contributed by atoms with Gasteiger partial charge in [0.1, 0.15) is 11.6 Å². The lowest BCUT2D eigenvalue weighted by atomic mass is 9.88. The summed E-state index contributed by atoms with van der Waals surface area (Å²) in [6.45, 7) is 0. The largest absolute Gasteiger partial charge is 0.310 e. The van der Waals surface area contributed by atoms with E-state index in [1.165, 1.54) is 129 Å². The maximum absolute atomic E-state index is 15.8. The van der Waals surface area contributed by atoms with Gasteiger partial charge in [0.15, 0.2) is 0 Å². The predicted octanol–water partition coefficient (Wildman–Crippen LogP) is 40.6. The van der Waals surface area contributed by atoms with Crippen molar-refractivity contribution in [1.82, 2.24) is 0 Å². The molecule has 4 nitrogen and oxygen atoms in total. The van der Waals surface area contributed by atoms with Crippen LogP contribution in [0.15, 0.2) is 522 Å². The Morgan fingerprint density at radius 3 is 0.397 bits per heavy atom. The summed E-state index contributed by atoms with van der Waals surface area (Å²) in [4.78, 5) is 9.45. The zero-order valence-electron chi connectivity index (χ0n) is 79.2. The Morgan fingerprint density at radius 1 is 0.0890 bits per heavy atom. The third-order valence-corrected chi connectivity index (χ3v) is 30.6. The lowest BCUT2D eigenvalue weighted by molar-refractivity contribution is 0.629. The highest BCUT2D eigenvalue weighted by Gasteiger charge is 2.26. The van der Waals surface area contributed by atoms with Crippen molar-refractivity contribution in [2.45, 2.75) is 0 Å². The summed E-state index contributed by atoms with van der Waals surface area (Å²) in [6.07, 6.45) is 0. The van der Waals surface area contributed by atoms with Gasteiger partial charge in [-0.3, -0.25) is 0 Å². The van der Waals surface area contributed by atoms with Crippen LogP contribution in [0.5, 0.6) is 0 Å². The number of hydrogen-bond donors (Lipinski definition) is 0. The fraction of sp³-hybridized carbons (Fsp3) is 0. The van der Waals surface area contributed by atoms with Crippen molar-refractivity contribution < 1.29 is 8.78 Å². The zero-order chi connectivity index (χ0) is 96.3. The van der Waals surface area contributed by atoms with Crippen LogP contribution < -0.4 is 19.6 Å². The minimum absolute atomic E-state index is 0.293. The molecule has 30 aromatic carbocycles. The Labute approximate surface area is 839 Å². The third-order valence-electron chi connectivity index (χ3n) is 30.6. The predicted molar refractivity (Wildman–Crippen MR) is 622 cm³/mol. The summed E-state index contributed by atoms with van der Waals surface area (Å²) < 4.78 is 31.6. The number of hydrogen-bond acceptors (Lipinski definition) is 4. The van der Waals surface area contributed by atoms with Gasteiger partial charge in [0.2, 0.25) is 0 Å². The quantitative estimate of drug-likeness (QED) is 0.0893. The van der Waals surface area contributed by atoms with Crippen molar-refractivity contribution >= 4 is 284 Å². The molecular weight excluding hydrogens is 1780 g/mol. The van der Waals surface area contributed by atoms with E-state index in [0.29, 0.717) is 0 Å². The molecule has 30 rings (SSSR count). The zero-order valence-corrected chi connectivity index (χ0v) is 79.2. The molecule has 146 heavy (non-hydrogen) atoms. The lowest BCUT2D eigenvalue weighted by Gasteiger charge is -2.27. The molecule has 0 atom stereocenters. The van der Waals surface area contributed by atoms with E-state index >= 15 is 8.78 Å². The van der Waals surface area contributed by atoms with Gasteiger partial charge >= 0.3 is 0 Å². The Morgan fingerprint density at radius 2 is 0.212 bits per heavy atom. The van der Waals surface area contributed by atoms with Gasteiger partial charge < -0.3 is 19.6 Å². The summed E-state index contributed by atoms with van der Waals surface area (Å²) in [5.41, 5.74) is 12.7. The SMILES string of the molecule is Fc1ccc2c(c1)c1cc(N(c3ccc4ccccc4c3)c3ccc4ccccc4c3)ccc1c1cc3c4ccc(F)cc4c4cc(N(c5ccc6ccccc6c5)c5ccc6ccccc6c5)ccc4c3cc21.c1ccc2cc(N(c3ccc4ccccc4c3)c3ccc4c(c3)c3ccccc3c3cc5c6ccc(N(c7ccc8ccccc8c7)c7ccc8ccccc8c7)cc6c6ccccc6c5cc43)ccc2c1. The molecule has 0 amide bonds. The average Bonchev–Trinajstić information content (AvgIpc) is 0.709. The Balaban J connectivity index is 0.000000138. The van der Waals surface area contributed by atoms with Crippen molar-refractivity contribution in [3.8, 4) is 0 Å². The number of halogens is 2. The molecule has 0 aliphatic heterocycles. The fourth-order valence-corrected chi connectivity index (χ4v) is 23.7. The van der Waals surface area contributed by atoms with Crippen molar-refractivity contribution in [3.63, 3.8) is 0 Å². The topological polar surface area (TPSA) is 13.0 Å². The molecule has 0 bridgehead atoms. The van der Waals surface area contributed by atoms with Gasteiger partial charge in [-0.2, -0.15) is 0 Å². The van der Waals surface area contributed by atoms with Gasteiger partial charge in [0.25, 0.3) is 0 Å². The first-order valence-corrected chi connectivity index (χ1v) is 50.0. The van der Waals surface area contributed by atoms with E-state index in [1.807, 2.05) is 12.1 Å². The lowest BCUT2D eigenvalue weighted by Crippen LogP contribution is -2.10. The first-order chi connectivity index (χ1) is 72.1. The molecule has 0 aromatic heterocycles. The molecule has 0 saturated heterocycles. The molecule has 680 valence electrons. The molecule has 0 radical (unpaired) electrons.